The van der Waals surface area contributed by atoms with Crippen molar-refractivity contribution in [3.8, 4) is 10.4 Å². The average molecular weight is 246 g/mol. The van der Waals surface area contributed by atoms with Crippen LogP contribution >= 0.6 is 11.3 Å². The van der Waals surface area contributed by atoms with Crippen LogP contribution < -0.4 is 0 Å². The van der Waals surface area contributed by atoms with E-state index in [1.165, 1.54) is 24.0 Å². The number of hydrogen-bond donors (Lipinski definition) is 0. The predicted octanol–water partition coefficient (Wildman–Crippen LogP) is 3.76. The van der Waals surface area contributed by atoms with Crippen molar-refractivity contribution in [2.24, 2.45) is 0 Å². The van der Waals surface area contributed by atoms with Gasteiger partial charge in [0.2, 0.25) is 0 Å². The van der Waals surface area contributed by atoms with Crippen molar-refractivity contribution in [3.05, 3.63) is 46.8 Å². The van der Waals surface area contributed by atoms with Crippen molar-refractivity contribution in [2.45, 2.75) is 13.3 Å². The van der Waals surface area contributed by atoms with Crippen LogP contribution in [-0.4, -0.2) is 13.1 Å². The molecule has 1 heterocycles. The summed E-state index contributed by atoms with van der Waals surface area (Å²) in [5.41, 5.74) is 2.46. The second-order valence-corrected chi connectivity index (χ2v) is 4.79. The van der Waals surface area contributed by atoms with Crippen LogP contribution in [0.15, 0.2) is 36.4 Å². The van der Waals surface area contributed by atoms with E-state index in [0.717, 1.165) is 16.9 Å². The van der Waals surface area contributed by atoms with Crippen LogP contribution in [0.2, 0.25) is 0 Å². The highest BCUT2D eigenvalue weighted by molar-refractivity contribution is 7.17. The number of thiophene rings is 1. The number of esters is 1. The Morgan fingerprint density at radius 1 is 1.18 bits per heavy atom. The van der Waals surface area contributed by atoms with Crippen molar-refractivity contribution in [2.75, 3.05) is 7.11 Å². The molecule has 0 atom stereocenters. The van der Waals surface area contributed by atoms with E-state index in [2.05, 4.69) is 31.2 Å². The summed E-state index contributed by atoms with van der Waals surface area (Å²) < 4.78 is 4.69. The minimum Gasteiger partial charge on any atom is -0.465 e. The molecule has 88 valence electrons. The highest BCUT2D eigenvalue weighted by Gasteiger charge is 2.09. The van der Waals surface area contributed by atoms with Crippen molar-refractivity contribution in [1.82, 2.24) is 0 Å². The topological polar surface area (TPSA) is 26.3 Å². The van der Waals surface area contributed by atoms with Gasteiger partial charge in [-0.15, -0.1) is 11.3 Å². The summed E-state index contributed by atoms with van der Waals surface area (Å²) in [6.45, 7) is 2.13. The number of carbonyl (C=O) groups is 1. The van der Waals surface area contributed by atoms with E-state index in [0.29, 0.717) is 4.88 Å². The standard InChI is InChI=1S/C14H14O2S/c1-3-10-4-6-11(7-5-10)12-8-9-13(17-12)14(15)16-2/h4-9H,3H2,1-2H3. The van der Waals surface area contributed by atoms with E-state index in [-0.39, 0.29) is 5.97 Å². The molecule has 1 aromatic carbocycles. The van der Waals surface area contributed by atoms with Gasteiger partial charge in [-0.3, -0.25) is 0 Å². The maximum Gasteiger partial charge on any atom is 0.348 e. The summed E-state index contributed by atoms with van der Waals surface area (Å²) in [6.07, 6.45) is 1.04. The summed E-state index contributed by atoms with van der Waals surface area (Å²) in [5, 5.41) is 0. The number of benzene rings is 1. The molecular formula is C14H14O2S. The van der Waals surface area contributed by atoms with Gasteiger partial charge in [0.25, 0.3) is 0 Å². The number of rotatable bonds is 3. The molecule has 0 radical (unpaired) electrons. The summed E-state index contributed by atoms with van der Waals surface area (Å²) in [4.78, 5) is 13.1. The molecule has 0 fully saturated rings. The lowest BCUT2D eigenvalue weighted by atomic mass is 10.1. The van der Waals surface area contributed by atoms with Crippen molar-refractivity contribution < 1.29 is 9.53 Å². The van der Waals surface area contributed by atoms with E-state index in [9.17, 15) is 4.79 Å². The molecule has 0 aliphatic rings. The fourth-order valence-electron chi connectivity index (χ4n) is 1.61. The monoisotopic (exact) mass is 246 g/mol. The molecule has 2 rings (SSSR count). The normalized spacial score (nSPS) is 10.2. The molecule has 2 nitrogen and oxygen atoms in total. The Kier molecular flexibility index (Phi) is 3.59. The largest absolute Gasteiger partial charge is 0.465 e. The number of carbonyl (C=O) groups excluding carboxylic acids is 1. The summed E-state index contributed by atoms with van der Waals surface area (Å²) in [7, 11) is 1.40. The smallest absolute Gasteiger partial charge is 0.348 e. The maximum absolute atomic E-state index is 11.3. The van der Waals surface area contributed by atoms with E-state index in [1.54, 1.807) is 6.07 Å². The number of aryl methyl sites for hydroxylation is 1. The first-order chi connectivity index (χ1) is 8.24. The molecule has 2 aromatic rings. The highest BCUT2D eigenvalue weighted by Crippen LogP contribution is 2.28. The first-order valence-electron chi connectivity index (χ1n) is 5.52. The lowest BCUT2D eigenvalue weighted by molar-refractivity contribution is 0.0606. The maximum atomic E-state index is 11.3. The summed E-state index contributed by atoms with van der Waals surface area (Å²) >= 11 is 1.46. The first-order valence-corrected chi connectivity index (χ1v) is 6.33. The fraction of sp³-hybridized carbons (Fsp3) is 0.214. The van der Waals surface area contributed by atoms with Crippen LogP contribution in [-0.2, 0) is 11.2 Å². The third-order valence-corrected chi connectivity index (χ3v) is 3.75. The summed E-state index contributed by atoms with van der Waals surface area (Å²) in [6, 6.07) is 12.2. The lowest BCUT2D eigenvalue weighted by Crippen LogP contribution is -1.96. The molecule has 0 aliphatic heterocycles. The van der Waals surface area contributed by atoms with Crippen molar-refractivity contribution >= 4 is 17.3 Å². The third kappa shape index (κ3) is 2.56. The Bertz CT molecular complexity index is 511. The van der Waals surface area contributed by atoms with Gasteiger partial charge in [0.1, 0.15) is 4.88 Å². The van der Waals surface area contributed by atoms with Crippen molar-refractivity contribution in [3.63, 3.8) is 0 Å². The van der Waals surface area contributed by atoms with Crippen LogP contribution in [0.1, 0.15) is 22.2 Å². The molecular weight excluding hydrogens is 232 g/mol. The van der Waals surface area contributed by atoms with Gasteiger partial charge in [-0.1, -0.05) is 31.2 Å². The second-order valence-electron chi connectivity index (χ2n) is 3.71. The zero-order valence-corrected chi connectivity index (χ0v) is 10.7. The molecule has 0 N–H and O–H groups in total. The zero-order chi connectivity index (χ0) is 12.3. The third-order valence-electron chi connectivity index (χ3n) is 2.64. The molecule has 1 aromatic heterocycles. The zero-order valence-electron chi connectivity index (χ0n) is 9.90. The number of hydrogen-bond acceptors (Lipinski definition) is 3. The molecule has 0 spiro atoms. The van der Waals surface area contributed by atoms with Crippen LogP contribution in [0, 0.1) is 0 Å². The van der Waals surface area contributed by atoms with Crippen LogP contribution in [0.3, 0.4) is 0 Å². The molecule has 0 amide bonds. The van der Waals surface area contributed by atoms with E-state index in [4.69, 9.17) is 4.74 Å². The Balaban J connectivity index is 2.27. The van der Waals surface area contributed by atoms with Gasteiger partial charge in [0, 0.05) is 4.88 Å². The average Bonchev–Trinajstić information content (AvgIpc) is 2.87. The lowest BCUT2D eigenvalue weighted by Gasteiger charge is -1.99. The van der Waals surface area contributed by atoms with E-state index >= 15 is 0 Å². The molecule has 0 bridgehead atoms. The number of methoxy groups -OCH3 is 1. The highest BCUT2D eigenvalue weighted by atomic mass is 32.1. The SMILES string of the molecule is CCc1ccc(-c2ccc(C(=O)OC)s2)cc1. The second kappa shape index (κ2) is 5.15. The Morgan fingerprint density at radius 3 is 2.47 bits per heavy atom. The predicted molar refractivity (Wildman–Crippen MR) is 70.5 cm³/mol. The molecule has 0 saturated carbocycles. The molecule has 0 aliphatic carbocycles. The minimum absolute atomic E-state index is 0.272. The Labute approximate surface area is 105 Å². The Hall–Kier alpha value is -1.61. The van der Waals surface area contributed by atoms with Crippen LogP contribution in [0.5, 0.6) is 0 Å². The van der Waals surface area contributed by atoms with Gasteiger partial charge in [-0.05, 0) is 29.7 Å². The number of ether oxygens (including phenoxy) is 1. The molecule has 0 saturated heterocycles. The van der Waals surface area contributed by atoms with Crippen molar-refractivity contribution in [1.29, 1.82) is 0 Å². The summed E-state index contributed by atoms with van der Waals surface area (Å²) in [5.74, 6) is -0.272. The first kappa shape index (κ1) is 11.9. The van der Waals surface area contributed by atoms with Gasteiger partial charge in [0.05, 0.1) is 7.11 Å². The van der Waals surface area contributed by atoms with E-state index in [1.807, 2.05) is 6.07 Å². The molecule has 0 unspecified atom stereocenters. The minimum atomic E-state index is -0.272. The van der Waals surface area contributed by atoms with Gasteiger partial charge in [-0.2, -0.15) is 0 Å². The van der Waals surface area contributed by atoms with E-state index < -0.39 is 0 Å². The van der Waals surface area contributed by atoms with Gasteiger partial charge in [0.15, 0.2) is 0 Å². The van der Waals surface area contributed by atoms with Crippen LogP contribution in [0.25, 0.3) is 10.4 Å². The fourth-order valence-corrected chi connectivity index (χ4v) is 2.54. The Morgan fingerprint density at radius 2 is 1.88 bits per heavy atom. The van der Waals surface area contributed by atoms with Gasteiger partial charge < -0.3 is 4.74 Å². The van der Waals surface area contributed by atoms with Gasteiger partial charge >= 0.3 is 5.97 Å². The quantitative estimate of drug-likeness (QED) is 0.771. The molecule has 3 heteroatoms. The molecule has 17 heavy (non-hydrogen) atoms. The van der Waals surface area contributed by atoms with Gasteiger partial charge in [-0.25, -0.2) is 4.79 Å². The van der Waals surface area contributed by atoms with Crippen LogP contribution in [0.4, 0.5) is 0 Å².